The normalized spacial score (nSPS) is 12.8. The van der Waals surface area contributed by atoms with E-state index >= 15 is 0 Å². The lowest BCUT2D eigenvalue weighted by Crippen LogP contribution is -2.31. The topological polar surface area (TPSA) is 38.8 Å². The van der Waals surface area contributed by atoms with Crippen molar-refractivity contribution < 1.29 is 14.3 Å². The van der Waals surface area contributed by atoms with Gasteiger partial charge in [0.05, 0.1) is 0 Å². The number of carbonyl (C=O) groups excluding carboxylic acids is 1. The molecule has 5 heteroatoms. The Morgan fingerprint density at radius 1 is 1.17 bits per heavy atom. The zero-order valence-corrected chi connectivity index (χ0v) is 15.1. The van der Waals surface area contributed by atoms with Crippen LogP contribution in [0.15, 0.2) is 42.5 Å². The van der Waals surface area contributed by atoms with E-state index in [1.54, 1.807) is 0 Å². The highest BCUT2D eigenvalue weighted by Gasteiger charge is 2.20. The highest BCUT2D eigenvalue weighted by Crippen LogP contribution is 2.34. The van der Waals surface area contributed by atoms with Gasteiger partial charge in [0, 0.05) is 27.8 Å². The first-order chi connectivity index (χ1) is 11.2. The molecule has 3 rings (SSSR count). The Morgan fingerprint density at radius 2 is 1.96 bits per heavy atom. The molecule has 1 aliphatic rings. The third-order valence-corrected chi connectivity index (χ3v) is 4.42. The predicted octanol–water partition coefficient (Wildman–Crippen LogP) is 3.72. The summed E-state index contributed by atoms with van der Waals surface area (Å²) in [5.41, 5.74) is 1.68. The Hall–Kier alpha value is -1.76. The number of fused-ring (bicyclic) bond motifs is 1. The lowest BCUT2D eigenvalue weighted by atomic mass is 10.1. The summed E-state index contributed by atoms with van der Waals surface area (Å²) in [5, 5.41) is 0. The molecule has 0 aromatic heterocycles. The van der Waals surface area contributed by atoms with Crippen LogP contribution in [0.2, 0.25) is 0 Å². The zero-order valence-electron chi connectivity index (χ0n) is 12.9. The van der Waals surface area contributed by atoms with Gasteiger partial charge in [-0.25, -0.2) is 0 Å². The fourth-order valence-electron chi connectivity index (χ4n) is 2.60. The number of hydrogen-bond donors (Lipinski definition) is 0. The largest absolute Gasteiger partial charge is 0.486 e. The van der Waals surface area contributed by atoms with Crippen molar-refractivity contribution >= 4 is 28.5 Å². The number of halogens is 1. The molecule has 0 spiro atoms. The van der Waals surface area contributed by atoms with E-state index < -0.39 is 0 Å². The molecule has 0 radical (unpaired) electrons. The number of para-hydroxylation sites is 1. The van der Waals surface area contributed by atoms with Crippen molar-refractivity contribution in [3.05, 3.63) is 57.2 Å². The van der Waals surface area contributed by atoms with Crippen molar-refractivity contribution in [1.82, 2.24) is 4.90 Å². The molecule has 1 heterocycles. The maximum Gasteiger partial charge on any atom is 0.254 e. The summed E-state index contributed by atoms with van der Waals surface area (Å²) in [5.74, 6) is 1.54. The van der Waals surface area contributed by atoms with Crippen molar-refractivity contribution in [2.45, 2.75) is 13.5 Å². The van der Waals surface area contributed by atoms with Crippen LogP contribution in [0.3, 0.4) is 0 Å². The van der Waals surface area contributed by atoms with Crippen LogP contribution in [-0.2, 0) is 6.54 Å². The number of amides is 1. The molecule has 0 bridgehead atoms. The summed E-state index contributed by atoms with van der Waals surface area (Å²) in [4.78, 5) is 14.6. The Labute approximate surface area is 149 Å². The van der Waals surface area contributed by atoms with Gasteiger partial charge in [0.1, 0.15) is 13.2 Å². The highest BCUT2D eigenvalue weighted by molar-refractivity contribution is 14.1. The smallest absolute Gasteiger partial charge is 0.254 e. The van der Waals surface area contributed by atoms with Gasteiger partial charge in [0.2, 0.25) is 0 Å². The minimum atomic E-state index is 0.0281. The van der Waals surface area contributed by atoms with Crippen LogP contribution < -0.4 is 9.47 Å². The number of nitrogens with zero attached hydrogens (tertiary/aromatic N) is 1. The van der Waals surface area contributed by atoms with Gasteiger partial charge in [-0.3, -0.25) is 4.79 Å². The molecule has 0 N–H and O–H groups in total. The summed E-state index contributed by atoms with van der Waals surface area (Å²) in [6.45, 7) is 4.23. The first-order valence-corrected chi connectivity index (χ1v) is 8.69. The van der Waals surface area contributed by atoms with E-state index in [4.69, 9.17) is 9.47 Å². The maximum absolute atomic E-state index is 12.8. The molecule has 2 aromatic carbocycles. The van der Waals surface area contributed by atoms with Crippen molar-refractivity contribution in [3.63, 3.8) is 0 Å². The van der Waals surface area contributed by atoms with Gasteiger partial charge in [-0.2, -0.15) is 0 Å². The molecule has 0 saturated heterocycles. The van der Waals surface area contributed by atoms with Crippen LogP contribution in [0.25, 0.3) is 0 Å². The molecule has 1 amide bonds. The molecule has 23 heavy (non-hydrogen) atoms. The second-order valence-corrected chi connectivity index (χ2v) is 6.52. The van der Waals surface area contributed by atoms with E-state index in [2.05, 4.69) is 22.6 Å². The van der Waals surface area contributed by atoms with Gasteiger partial charge >= 0.3 is 0 Å². The van der Waals surface area contributed by atoms with E-state index in [-0.39, 0.29) is 5.91 Å². The van der Waals surface area contributed by atoms with E-state index in [0.29, 0.717) is 31.9 Å². The van der Waals surface area contributed by atoms with E-state index in [1.165, 1.54) is 0 Å². The van der Waals surface area contributed by atoms with Crippen LogP contribution in [0, 0.1) is 3.57 Å². The minimum absolute atomic E-state index is 0.0281. The van der Waals surface area contributed by atoms with Gasteiger partial charge in [-0.15, -0.1) is 0 Å². The molecule has 4 nitrogen and oxygen atoms in total. The molecule has 0 fully saturated rings. The standard InChI is InChI=1S/C18H18INO3/c1-2-20(18(21)13-5-3-7-15(19)11-13)12-14-6-4-8-16-17(14)23-10-9-22-16/h3-8,11H,2,9-10,12H2,1H3. The predicted molar refractivity (Wildman–Crippen MR) is 97.0 cm³/mol. The first kappa shape index (κ1) is 16.1. The average molecular weight is 423 g/mol. The molecule has 2 aromatic rings. The second kappa shape index (κ2) is 7.21. The van der Waals surface area contributed by atoms with Gasteiger partial charge in [0.25, 0.3) is 5.91 Å². The Bertz CT molecular complexity index is 717. The zero-order chi connectivity index (χ0) is 16.2. The van der Waals surface area contributed by atoms with Crippen molar-refractivity contribution in [1.29, 1.82) is 0 Å². The summed E-state index contributed by atoms with van der Waals surface area (Å²) in [6, 6.07) is 13.5. The Kier molecular flexibility index (Phi) is 5.05. The maximum atomic E-state index is 12.8. The van der Waals surface area contributed by atoms with Crippen molar-refractivity contribution in [2.24, 2.45) is 0 Å². The number of carbonyl (C=O) groups is 1. The Balaban J connectivity index is 1.84. The number of ether oxygens (including phenoxy) is 2. The van der Waals surface area contributed by atoms with Crippen LogP contribution in [-0.4, -0.2) is 30.6 Å². The van der Waals surface area contributed by atoms with Crippen LogP contribution >= 0.6 is 22.6 Å². The summed E-state index contributed by atoms with van der Waals surface area (Å²) >= 11 is 2.22. The molecule has 120 valence electrons. The third kappa shape index (κ3) is 3.60. The van der Waals surface area contributed by atoms with Crippen LogP contribution in [0.1, 0.15) is 22.8 Å². The fourth-order valence-corrected chi connectivity index (χ4v) is 3.14. The molecule has 0 saturated carbocycles. The molecule has 0 aliphatic carbocycles. The van der Waals surface area contributed by atoms with Crippen LogP contribution in [0.5, 0.6) is 11.5 Å². The van der Waals surface area contributed by atoms with E-state index in [9.17, 15) is 4.79 Å². The third-order valence-electron chi connectivity index (χ3n) is 3.75. The number of rotatable bonds is 4. The van der Waals surface area contributed by atoms with Crippen LogP contribution in [0.4, 0.5) is 0 Å². The van der Waals surface area contributed by atoms with Gasteiger partial charge in [0.15, 0.2) is 11.5 Å². The highest BCUT2D eigenvalue weighted by atomic mass is 127. The SMILES string of the molecule is CCN(Cc1cccc2c1OCCO2)C(=O)c1cccc(I)c1. The monoisotopic (exact) mass is 423 g/mol. The molecular weight excluding hydrogens is 405 g/mol. The summed E-state index contributed by atoms with van der Waals surface area (Å²) in [7, 11) is 0. The lowest BCUT2D eigenvalue weighted by molar-refractivity contribution is 0.0749. The van der Waals surface area contributed by atoms with Gasteiger partial charge in [-0.1, -0.05) is 18.2 Å². The molecule has 1 aliphatic heterocycles. The second-order valence-electron chi connectivity index (χ2n) is 5.27. The van der Waals surface area contributed by atoms with Crippen molar-refractivity contribution in [3.8, 4) is 11.5 Å². The molecule has 0 unspecified atom stereocenters. The molecular formula is C18H18INO3. The van der Waals surface area contributed by atoms with Gasteiger partial charge in [-0.05, 0) is 53.8 Å². The number of hydrogen-bond acceptors (Lipinski definition) is 3. The van der Waals surface area contributed by atoms with E-state index in [1.807, 2.05) is 54.3 Å². The fraction of sp³-hybridized carbons (Fsp3) is 0.278. The quantitative estimate of drug-likeness (QED) is 0.704. The average Bonchev–Trinajstić information content (AvgIpc) is 2.59. The molecule has 0 atom stereocenters. The minimum Gasteiger partial charge on any atom is -0.486 e. The number of benzene rings is 2. The lowest BCUT2D eigenvalue weighted by Gasteiger charge is -2.25. The summed E-state index contributed by atoms with van der Waals surface area (Å²) in [6.07, 6.45) is 0. The summed E-state index contributed by atoms with van der Waals surface area (Å²) < 4.78 is 12.4. The van der Waals surface area contributed by atoms with Crippen molar-refractivity contribution in [2.75, 3.05) is 19.8 Å². The van der Waals surface area contributed by atoms with Gasteiger partial charge < -0.3 is 14.4 Å². The first-order valence-electron chi connectivity index (χ1n) is 7.61. The Morgan fingerprint density at radius 3 is 2.74 bits per heavy atom. The van der Waals surface area contributed by atoms with E-state index in [0.717, 1.165) is 20.6 Å².